The molecule has 0 amide bonds. The zero-order valence-corrected chi connectivity index (χ0v) is 12.2. The Balaban J connectivity index is 2.29. The van der Waals surface area contributed by atoms with Gasteiger partial charge in [0.05, 0.1) is 0 Å². The molecule has 0 saturated carbocycles. The number of rotatable bonds is 3. The van der Waals surface area contributed by atoms with E-state index >= 15 is 0 Å². The van der Waals surface area contributed by atoms with Crippen LogP contribution in [0.1, 0.15) is 26.9 Å². The fourth-order valence-corrected chi connectivity index (χ4v) is 2.32. The van der Waals surface area contributed by atoms with Crippen molar-refractivity contribution in [3.8, 4) is 0 Å². The maximum Gasteiger partial charge on any atom is 0.185 e. The quantitative estimate of drug-likeness (QED) is 0.579. The summed E-state index contributed by atoms with van der Waals surface area (Å²) in [4.78, 5) is 12.3. The lowest BCUT2D eigenvalue weighted by atomic mass is 10.0. The minimum absolute atomic E-state index is 0.0800. The molecule has 0 heterocycles. The molecule has 1 unspecified atom stereocenters. The smallest absolute Gasteiger partial charge is 0.185 e. The number of carbonyl (C=O) groups excluding carboxylic acids is 1. The summed E-state index contributed by atoms with van der Waals surface area (Å²) >= 11 is 9.64. The monoisotopic (exact) mass is 322 g/mol. The van der Waals surface area contributed by atoms with E-state index in [1.807, 2.05) is 49.4 Å². The molecule has 2 aromatic carbocycles. The number of ketones is 1. The van der Waals surface area contributed by atoms with Gasteiger partial charge in [-0.05, 0) is 24.1 Å². The van der Waals surface area contributed by atoms with E-state index < -0.39 is 5.38 Å². The summed E-state index contributed by atoms with van der Waals surface area (Å²) < 4.78 is 0.922. The van der Waals surface area contributed by atoms with Crippen LogP contribution in [0.5, 0.6) is 0 Å². The Hall–Kier alpha value is -1.12. The van der Waals surface area contributed by atoms with E-state index in [0.29, 0.717) is 5.56 Å². The molecule has 0 spiro atoms. The first-order valence-electron chi connectivity index (χ1n) is 5.59. The molecule has 1 atom stereocenters. The molecule has 0 aliphatic rings. The molecular formula is C15H12BrClO. The predicted molar refractivity (Wildman–Crippen MR) is 78.2 cm³/mol. The average Bonchev–Trinajstić information content (AvgIpc) is 2.41. The molecule has 0 aromatic heterocycles. The van der Waals surface area contributed by atoms with Crippen LogP contribution >= 0.6 is 27.5 Å². The fourth-order valence-electron chi connectivity index (χ4n) is 1.67. The zero-order chi connectivity index (χ0) is 13.1. The second-order valence-corrected chi connectivity index (χ2v) is 5.39. The van der Waals surface area contributed by atoms with Gasteiger partial charge in [0.2, 0.25) is 0 Å². The summed E-state index contributed by atoms with van der Waals surface area (Å²) in [6.07, 6.45) is 0. The van der Waals surface area contributed by atoms with Crippen molar-refractivity contribution in [1.29, 1.82) is 0 Å². The van der Waals surface area contributed by atoms with Crippen molar-refractivity contribution in [3.63, 3.8) is 0 Å². The lowest BCUT2D eigenvalue weighted by Crippen LogP contribution is -2.07. The highest BCUT2D eigenvalue weighted by molar-refractivity contribution is 9.10. The molecule has 92 valence electrons. The van der Waals surface area contributed by atoms with E-state index in [0.717, 1.165) is 15.6 Å². The van der Waals surface area contributed by atoms with Gasteiger partial charge in [-0.2, -0.15) is 0 Å². The number of halogens is 2. The van der Waals surface area contributed by atoms with Crippen LogP contribution in [0.4, 0.5) is 0 Å². The molecule has 0 bridgehead atoms. The number of hydrogen-bond donors (Lipinski definition) is 0. The van der Waals surface area contributed by atoms with E-state index in [1.54, 1.807) is 6.07 Å². The highest BCUT2D eigenvalue weighted by Crippen LogP contribution is 2.27. The largest absolute Gasteiger partial charge is 0.292 e. The fraction of sp³-hybridized carbons (Fsp3) is 0.133. The topological polar surface area (TPSA) is 17.1 Å². The third-order valence-electron chi connectivity index (χ3n) is 2.78. The highest BCUT2D eigenvalue weighted by atomic mass is 79.9. The van der Waals surface area contributed by atoms with Gasteiger partial charge in [0.15, 0.2) is 5.78 Å². The van der Waals surface area contributed by atoms with Crippen LogP contribution in [0.25, 0.3) is 0 Å². The van der Waals surface area contributed by atoms with Gasteiger partial charge in [-0.3, -0.25) is 4.79 Å². The van der Waals surface area contributed by atoms with Crippen molar-refractivity contribution in [3.05, 3.63) is 69.7 Å². The highest BCUT2D eigenvalue weighted by Gasteiger charge is 2.19. The van der Waals surface area contributed by atoms with Crippen molar-refractivity contribution in [1.82, 2.24) is 0 Å². The van der Waals surface area contributed by atoms with E-state index in [2.05, 4.69) is 15.9 Å². The summed E-state index contributed by atoms with van der Waals surface area (Å²) in [5.74, 6) is -0.0800. The van der Waals surface area contributed by atoms with Crippen LogP contribution in [-0.4, -0.2) is 5.78 Å². The van der Waals surface area contributed by atoms with Gasteiger partial charge in [0, 0.05) is 10.0 Å². The molecule has 0 saturated heterocycles. The predicted octanol–water partition coefficient (Wildman–Crippen LogP) is 4.92. The standard InChI is InChI=1S/C15H12BrClO/c1-10-7-8-12(9-13(10)16)15(18)14(17)11-5-3-2-4-6-11/h2-9,14H,1H3. The van der Waals surface area contributed by atoms with Gasteiger partial charge in [-0.1, -0.05) is 58.4 Å². The normalized spacial score (nSPS) is 12.2. The number of Topliss-reactive ketones (excluding diaryl/α,β-unsaturated/α-hetero) is 1. The Labute approximate surface area is 120 Å². The zero-order valence-electron chi connectivity index (χ0n) is 9.86. The Kier molecular flexibility index (Phi) is 4.20. The lowest BCUT2D eigenvalue weighted by Gasteiger charge is -2.09. The molecule has 3 heteroatoms. The van der Waals surface area contributed by atoms with E-state index in [9.17, 15) is 4.79 Å². The summed E-state index contributed by atoms with van der Waals surface area (Å²) in [7, 11) is 0. The van der Waals surface area contributed by atoms with Crippen molar-refractivity contribution < 1.29 is 4.79 Å². The molecule has 1 nitrogen and oxygen atoms in total. The van der Waals surface area contributed by atoms with Crippen LogP contribution < -0.4 is 0 Å². The van der Waals surface area contributed by atoms with Crippen LogP contribution in [0.15, 0.2) is 53.0 Å². The molecular weight excluding hydrogens is 312 g/mol. The second-order valence-electron chi connectivity index (χ2n) is 4.10. The molecule has 2 aromatic rings. The molecule has 0 fully saturated rings. The molecule has 0 aliphatic carbocycles. The molecule has 0 aliphatic heterocycles. The first-order valence-corrected chi connectivity index (χ1v) is 6.82. The number of benzene rings is 2. The van der Waals surface area contributed by atoms with E-state index in [-0.39, 0.29) is 5.78 Å². The Morgan fingerprint density at radius 2 is 1.83 bits per heavy atom. The van der Waals surface area contributed by atoms with E-state index in [4.69, 9.17) is 11.6 Å². The summed E-state index contributed by atoms with van der Waals surface area (Å²) in [5.41, 5.74) is 2.54. The Morgan fingerprint density at radius 3 is 2.44 bits per heavy atom. The number of carbonyl (C=O) groups is 1. The van der Waals surface area contributed by atoms with Crippen molar-refractivity contribution in [2.24, 2.45) is 0 Å². The number of alkyl halides is 1. The van der Waals surface area contributed by atoms with Gasteiger partial charge in [-0.15, -0.1) is 11.6 Å². The lowest BCUT2D eigenvalue weighted by molar-refractivity contribution is 0.0987. The number of aryl methyl sites for hydroxylation is 1. The molecule has 0 N–H and O–H groups in total. The third-order valence-corrected chi connectivity index (χ3v) is 4.08. The molecule has 18 heavy (non-hydrogen) atoms. The molecule has 0 radical (unpaired) electrons. The second kappa shape index (κ2) is 5.68. The average molecular weight is 324 g/mol. The van der Waals surface area contributed by atoms with Crippen LogP contribution in [0.3, 0.4) is 0 Å². The summed E-state index contributed by atoms with van der Waals surface area (Å²) in [6.45, 7) is 1.98. The van der Waals surface area contributed by atoms with Gasteiger partial charge in [0.25, 0.3) is 0 Å². The molecule has 2 rings (SSSR count). The van der Waals surface area contributed by atoms with Crippen molar-refractivity contribution >= 4 is 33.3 Å². The first-order chi connectivity index (χ1) is 8.59. The van der Waals surface area contributed by atoms with Crippen LogP contribution in [0.2, 0.25) is 0 Å². The summed E-state index contributed by atoms with van der Waals surface area (Å²) in [5, 5.41) is -0.638. The minimum Gasteiger partial charge on any atom is -0.292 e. The van der Waals surface area contributed by atoms with Gasteiger partial charge in [-0.25, -0.2) is 0 Å². The summed E-state index contributed by atoms with van der Waals surface area (Å²) in [6, 6.07) is 14.9. The van der Waals surface area contributed by atoms with Gasteiger partial charge >= 0.3 is 0 Å². The Bertz CT molecular complexity index is 566. The first kappa shape index (κ1) is 13.3. The maximum atomic E-state index is 12.3. The van der Waals surface area contributed by atoms with Crippen LogP contribution in [-0.2, 0) is 0 Å². The Morgan fingerprint density at radius 1 is 1.17 bits per heavy atom. The van der Waals surface area contributed by atoms with Crippen LogP contribution in [0, 0.1) is 6.92 Å². The van der Waals surface area contributed by atoms with Crippen molar-refractivity contribution in [2.45, 2.75) is 12.3 Å². The third kappa shape index (κ3) is 2.82. The minimum atomic E-state index is -0.638. The van der Waals surface area contributed by atoms with E-state index in [1.165, 1.54) is 0 Å². The van der Waals surface area contributed by atoms with Gasteiger partial charge < -0.3 is 0 Å². The maximum absolute atomic E-state index is 12.3. The van der Waals surface area contributed by atoms with Crippen molar-refractivity contribution in [2.75, 3.05) is 0 Å². The SMILES string of the molecule is Cc1ccc(C(=O)C(Cl)c2ccccc2)cc1Br. The number of hydrogen-bond acceptors (Lipinski definition) is 1. The van der Waals surface area contributed by atoms with Gasteiger partial charge in [0.1, 0.15) is 5.38 Å².